The Morgan fingerprint density at radius 2 is 1.86 bits per heavy atom. The summed E-state index contributed by atoms with van der Waals surface area (Å²) in [6, 6.07) is 11.6. The maximum atomic E-state index is 13.0. The number of ether oxygens (including phenoxy) is 4. The van der Waals surface area contributed by atoms with Gasteiger partial charge in [-0.05, 0) is 45.0 Å². The number of nitrogens with one attached hydrogen (secondary N) is 1. The van der Waals surface area contributed by atoms with Crippen LogP contribution in [-0.2, 0) is 11.8 Å². The summed E-state index contributed by atoms with van der Waals surface area (Å²) in [5.41, 5.74) is -0.0278. The van der Waals surface area contributed by atoms with Gasteiger partial charge in [0.05, 0.1) is 12.2 Å². The first-order valence-electron chi connectivity index (χ1n) is 11.5. The highest BCUT2D eigenvalue weighted by molar-refractivity contribution is 6.04. The van der Waals surface area contributed by atoms with Gasteiger partial charge in [0.2, 0.25) is 0 Å². The summed E-state index contributed by atoms with van der Waals surface area (Å²) in [4.78, 5) is 27.2. The number of carbonyl (C=O) groups is 2. The van der Waals surface area contributed by atoms with Crippen molar-refractivity contribution >= 4 is 17.6 Å². The van der Waals surface area contributed by atoms with E-state index in [0.29, 0.717) is 46.5 Å². The number of methoxy groups -OCH3 is 1. The van der Waals surface area contributed by atoms with Gasteiger partial charge in [-0.1, -0.05) is 0 Å². The molecule has 0 radical (unpaired) electrons. The molecule has 0 spiro atoms. The third-order valence-electron chi connectivity index (χ3n) is 5.73. The summed E-state index contributed by atoms with van der Waals surface area (Å²) in [5.74, 6) is 1.61. The standard InChI is InChI=1S/C26H30N4O6/c1-16(15-33-6)34-19-11-17(24(31)27-23-9-10-29(4)28-23)12-20(13-19)35-18-7-8-21-22(14-18)36-26(2,3)30(5)25(21)32/h7-14,16H,15H2,1-6H3,(H,27,28,31). The maximum absolute atomic E-state index is 13.0. The third kappa shape index (κ3) is 5.44. The topological polar surface area (TPSA) is 104 Å². The maximum Gasteiger partial charge on any atom is 0.260 e. The zero-order chi connectivity index (χ0) is 26.0. The summed E-state index contributed by atoms with van der Waals surface area (Å²) >= 11 is 0. The van der Waals surface area contributed by atoms with Crippen molar-refractivity contribution in [3.8, 4) is 23.0 Å². The number of anilines is 1. The molecule has 10 heteroatoms. The first kappa shape index (κ1) is 25.1. The normalized spacial score (nSPS) is 15.1. The molecule has 1 unspecified atom stereocenters. The van der Waals surface area contributed by atoms with Crippen LogP contribution in [0.25, 0.3) is 0 Å². The van der Waals surface area contributed by atoms with E-state index in [1.807, 2.05) is 20.8 Å². The summed E-state index contributed by atoms with van der Waals surface area (Å²) in [5, 5.41) is 6.95. The van der Waals surface area contributed by atoms with E-state index in [-0.39, 0.29) is 17.9 Å². The van der Waals surface area contributed by atoms with Crippen molar-refractivity contribution in [1.29, 1.82) is 0 Å². The van der Waals surface area contributed by atoms with Gasteiger partial charge in [0.25, 0.3) is 11.8 Å². The van der Waals surface area contributed by atoms with E-state index < -0.39 is 5.72 Å². The Morgan fingerprint density at radius 1 is 1.11 bits per heavy atom. The smallest absolute Gasteiger partial charge is 0.260 e. The van der Waals surface area contributed by atoms with Crippen molar-refractivity contribution in [1.82, 2.24) is 14.7 Å². The molecule has 4 rings (SSSR count). The van der Waals surface area contributed by atoms with Crippen LogP contribution in [0.3, 0.4) is 0 Å². The molecule has 0 saturated carbocycles. The fraction of sp³-hybridized carbons (Fsp3) is 0.346. The summed E-state index contributed by atoms with van der Waals surface area (Å²) < 4.78 is 24.8. The van der Waals surface area contributed by atoms with Gasteiger partial charge in [-0.3, -0.25) is 14.3 Å². The molecule has 1 aliphatic rings. The Kier molecular flexibility index (Phi) is 6.89. The predicted molar refractivity (Wildman–Crippen MR) is 133 cm³/mol. The van der Waals surface area contributed by atoms with Crippen molar-refractivity contribution < 1.29 is 28.5 Å². The van der Waals surface area contributed by atoms with Crippen LogP contribution in [0, 0.1) is 0 Å². The second-order valence-electron chi connectivity index (χ2n) is 9.08. The van der Waals surface area contributed by atoms with E-state index in [2.05, 4.69) is 10.4 Å². The van der Waals surface area contributed by atoms with Gasteiger partial charge >= 0.3 is 0 Å². The molecule has 1 N–H and O–H groups in total. The molecule has 36 heavy (non-hydrogen) atoms. The number of aromatic nitrogens is 2. The minimum absolute atomic E-state index is 0.135. The highest BCUT2D eigenvalue weighted by atomic mass is 16.5. The highest BCUT2D eigenvalue weighted by Crippen LogP contribution is 2.37. The van der Waals surface area contributed by atoms with E-state index in [1.165, 1.54) is 0 Å². The third-order valence-corrected chi connectivity index (χ3v) is 5.73. The lowest BCUT2D eigenvalue weighted by atomic mass is 10.1. The van der Waals surface area contributed by atoms with Crippen LogP contribution in [-0.4, -0.2) is 59.1 Å². The van der Waals surface area contributed by atoms with Crippen LogP contribution in [0.5, 0.6) is 23.0 Å². The molecule has 0 aliphatic carbocycles. The van der Waals surface area contributed by atoms with Crippen LogP contribution < -0.4 is 19.5 Å². The predicted octanol–water partition coefficient (Wildman–Crippen LogP) is 4.08. The highest BCUT2D eigenvalue weighted by Gasteiger charge is 2.37. The van der Waals surface area contributed by atoms with Gasteiger partial charge in [-0.2, -0.15) is 5.10 Å². The van der Waals surface area contributed by atoms with Crippen LogP contribution >= 0.6 is 0 Å². The zero-order valence-corrected chi connectivity index (χ0v) is 21.2. The Balaban J connectivity index is 1.63. The van der Waals surface area contributed by atoms with E-state index in [4.69, 9.17) is 18.9 Å². The number of carbonyl (C=O) groups excluding carboxylic acids is 2. The number of fused-ring (bicyclic) bond motifs is 1. The summed E-state index contributed by atoms with van der Waals surface area (Å²) in [6.45, 7) is 5.87. The molecule has 1 aromatic heterocycles. The van der Waals surface area contributed by atoms with Gasteiger partial charge in [0, 0.05) is 51.2 Å². The van der Waals surface area contributed by atoms with Crippen LogP contribution in [0.1, 0.15) is 41.5 Å². The first-order chi connectivity index (χ1) is 17.1. The molecular formula is C26H30N4O6. The number of nitrogens with zero attached hydrogens (tertiary/aromatic N) is 3. The van der Waals surface area contributed by atoms with Gasteiger partial charge in [-0.25, -0.2) is 0 Å². The number of rotatable bonds is 8. The molecule has 1 atom stereocenters. The fourth-order valence-corrected chi connectivity index (χ4v) is 3.73. The molecule has 1 aliphatic heterocycles. The van der Waals surface area contributed by atoms with Crippen molar-refractivity contribution in [3.05, 3.63) is 59.8 Å². The molecule has 0 bridgehead atoms. The van der Waals surface area contributed by atoms with Gasteiger partial charge in [-0.15, -0.1) is 0 Å². The summed E-state index contributed by atoms with van der Waals surface area (Å²) in [7, 11) is 5.05. The fourth-order valence-electron chi connectivity index (χ4n) is 3.73. The van der Waals surface area contributed by atoms with Crippen molar-refractivity contribution in [3.63, 3.8) is 0 Å². The molecule has 0 fully saturated rings. The second kappa shape index (κ2) is 9.90. The van der Waals surface area contributed by atoms with Crippen LogP contribution in [0.2, 0.25) is 0 Å². The van der Waals surface area contributed by atoms with Gasteiger partial charge < -0.3 is 29.2 Å². The van der Waals surface area contributed by atoms with Crippen LogP contribution in [0.4, 0.5) is 5.82 Å². The number of benzene rings is 2. The lowest BCUT2D eigenvalue weighted by Crippen LogP contribution is -2.52. The van der Waals surface area contributed by atoms with Gasteiger partial charge in [0.1, 0.15) is 29.1 Å². The monoisotopic (exact) mass is 494 g/mol. The first-order valence-corrected chi connectivity index (χ1v) is 11.5. The van der Waals surface area contributed by atoms with Gasteiger partial charge in [0.15, 0.2) is 11.5 Å². The quantitative estimate of drug-likeness (QED) is 0.503. The zero-order valence-electron chi connectivity index (χ0n) is 21.2. The Morgan fingerprint density at radius 3 is 2.56 bits per heavy atom. The van der Waals surface area contributed by atoms with E-state index in [1.54, 1.807) is 79.4 Å². The number of aryl methyl sites for hydroxylation is 1. The lowest BCUT2D eigenvalue weighted by molar-refractivity contribution is -0.0366. The lowest BCUT2D eigenvalue weighted by Gasteiger charge is -2.40. The van der Waals surface area contributed by atoms with Crippen molar-refractivity contribution in [2.75, 3.05) is 26.1 Å². The van der Waals surface area contributed by atoms with Crippen LogP contribution in [0.15, 0.2) is 48.7 Å². The molecule has 190 valence electrons. The molecule has 2 amide bonds. The minimum atomic E-state index is -0.801. The molecule has 10 nitrogen and oxygen atoms in total. The number of hydrogen-bond acceptors (Lipinski definition) is 7. The Hall–Kier alpha value is -4.05. The molecule has 2 aromatic carbocycles. The van der Waals surface area contributed by atoms with E-state index in [9.17, 15) is 9.59 Å². The Bertz CT molecular complexity index is 1290. The molecular weight excluding hydrogens is 464 g/mol. The average molecular weight is 495 g/mol. The number of amides is 2. The average Bonchev–Trinajstić information content (AvgIpc) is 3.21. The molecule has 0 saturated heterocycles. The molecule has 2 heterocycles. The second-order valence-corrected chi connectivity index (χ2v) is 9.08. The molecule has 3 aromatic rings. The van der Waals surface area contributed by atoms with Crippen molar-refractivity contribution in [2.45, 2.75) is 32.6 Å². The van der Waals surface area contributed by atoms with Crippen molar-refractivity contribution in [2.24, 2.45) is 7.05 Å². The Labute approximate surface area is 209 Å². The number of hydrogen-bond donors (Lipinski definition) is 1. The SMILES string of the molecule is COCC(C)Oc1cc(Oc2ccc3c(c2)OC(C)(C)N(C)C3=O)cc(C(=O)Nc2ccn(C)n2)c1. The minimum Gasteiger partial charge on any atom is -0.488 e. The van der Waals surface area contributed by atoms with E-state index in [0.717, 1.165) is 0 Å². The van der Waals surface area contributed by atoms with E-state index >= 15 is 0 Å². The largest absolute Gasteiger partial charge is 0.488 e. The summed E-state index contributed by atoms with van der Waals surface area (Å²) in [6.07, 6.45) is 1.48.